The van der Waals surface area contributed by atoms with Crippen molar-refractivity contribution >= 4 is 5.91 Å². The van der Waals surface area contributed by atoms with Crippen molar-refractivity contribution in [2.45, 2.75) is 0 Å². The van der Waals surface area contributed by atoms with E-state index >= 15 is 0 Å². The van der Waals surface area contributed by atoms with Gasteiger partial charge in [0.2, 0.25) is 0 Å². The quantitative estimate of drug-likeness (QED) is 0.791. The summed E-state index contributed by atoms with van der Waals surface area (Å²) in [5, 5.41) is 2.51. The molecule has 1 aromatic carbocycles. The van der Waals surface area contributed by atoms with Crippen LogP contribution in [0.2, 0.25) is 0 Å². The Kier molecular flexibility index (Phi) is 3.89. The zero-order chi connectivity index (χ0) is 13.7. The topological polar surface area (TPSA) is 42.0 Å². The fourth-order valence-corrected chi connectivity index (χ4v) is 1.45. The predicted molar refractivity (Wildman–Crippen MR) is 70.0 cm³/mol. The molecule has 1 aromatic heterocycles. The Hall–Kier alpha value is -2.67. The maximum absolute atomic E-state index is 12.9. The zero-order valence-electron chi connectivity index (χ0n) is 10.3. The van der Waals surface area contributed by atoms with E-state index in [9.17, 15) is 9.18 Å². The van der Waals surface area contributed by atoms with Gasteiger partial charge < -0.3 is 5.32 Å². The van der Waals surface area contributed by atoms with Gasteiger partial charge in [-0.05, 0) is 36.3 Å². The van der Waals surface area contributed by atoms with Gasteiger partial charge in [-0.1, -0.05) is 12.0 Å². The predicted octanol–water partition coefficient (Wildman–Crippen LogP) is 1.98. The van der Waals surface area contributed by atoms with Crippen LogP contribution in [0.5, 0.6) is 0 Å². The number of halogens is 1. The van der Waals surface area contributed by atoms with Gasteiger partial charge in [0, 0.05) is 18.8 Å². The number of benzene rings is 1. The van der Waals surface area contributed by atoms with Crippen LogP contribution in [0, 0.1) is 17.7 Å². The molecule has 0 atom stereocenters. The van der Waals surface area contributed by atoms with Crippen molar-refractivity contribution in [2.24, 2.45) is 0 Å². The van der Waals surface area contributed by atoms with E-state index in [-0.39, 0.29) is 11.7 Å². The standard InChI is InChI=1S/C15H11FN2O/c1-17-15(19)12-6-8-14(18-10-12)7-5-11-3-2-4-13(16)9-11/h2-4,6,8-10H,1H3,(H,17,19). The first-order chi connectivity index (χ1) is 9.19. The molecule has 19 heavy (non-hydrogen) atoms. The van der Waals surface area contributed by atoms with Crippen LogP contribution in [0.3, 0.4) is 0 Å². The molecule has 1 heterocycles. The van der Waals surface area contributed by atoms with E-state index in [1.165, 1.54) is 18.3 Å². The minimum absolute atomic E-state index is 0.197. The van der Waals surface area contributed by atoms with Crippen molar-refractivity contribution in [1.82, 2.24) is 10.3 Å². The van der Waals surface area contributed by atoms with Gasteiger partial charge >= 0.3 is 0 Å². The van der Waals surface area contributed by atoms with Crippen molar-refractivity contribution in [3.8, 4) is 11.8 Å². The van der Waals surface area contributed by atoms with E-state index < -0.39 is 0 Å². The molecule has 0 saturated heterocycles. The van der Waals surface area contributed by atoms with Gasteiger partial charge in [0.1, 0.15) is 11.5 Å². The molecule has 0 radical (unpaired) electrons. The number of nitrogens with zero attached hydrogens (tertiary/aromatic N) is 1. The molecule has 3 nitrogen and oxygen atoms in total. The maximum Gasteiger partial charge on any atom is 0.252 e. The van der Waals surface area contributed by atoms with Crippen LogP contribution in [0.4, 0.5) is 4.39 Å². The summed E-state index contributed by atoms with van der Waals surface area (Å²) in [7, 11) is 1.56. The van der Waals surface area contributed by atoms with Crippen LogP contribution < -0.4 is 5.32 Å². The summed E-state index contributed by atoms with van der Waals surface area (Å²) in [5.74, 6) is 5.10. The van der Waals surface area contributed by atoms with Gasteiger partial charge in [0.15, 0.2) is 0 Å². The highest BCUT2D eigenvalue weighted by atomic mass is 19.1. The fraction of sp³-hybridized carbons (Fsp3) is 0.0667. The minimum atomic E-state index is -0.324. The van der Waals surface area contributed by atoms with E-state index in [2.05, 4.69) is 22.1 Å². The van der Waals surface area contributed by atoms with Gasteiger partial charge in [-0.15, -0.1) is 0 Å². The largest absolute Gasteiger partial charge is 0.355 e. The lowest BCUT2D eigenvalue weighted by Gasteiger charge is -1.98. The molecule has 0 fully saturated rings. The van der Waals surface area contributed by atoms with Gasteiger partial charge in [0.05, 0.1) is 5.56 Å². The summed E-state index contributed by atoms with van der Waals surface area (Å²) in [5.41, 5.74) is 1.58. The number of rotatable bonds is 1. The molecule has 0 aliphatic heterocycles. The van der Waals surface area contributed by atoms with Crippen LogP contribution in [0.15, 0.2) is 42.6 Å². The molecule has 2 aromatic rings. The molecule has 0 aliphatic rings. The lowest BCUT2D eigenvalue weighted by Crippen LogP contribution is -2.17. The maximum atomic E-state index is 12.9. The third-order valence-corrected chi connectivity index (χ3v) is 2.41. The summed E-state index contributed by atoms with van der Waals surface area (Å²) >= 11 is 0. The van der Waals surface area contributed by atoms with Crippen LogP contribution >= 0.6 is 0 Å². The van der Waals surface area contributed by atoms with Gasteiger partial charge in [0.25, 0.3) is 5.91 Å². The van der Waals surface area contributed by atoms with Crippen molar-refractivity contribution in [2.75, 3.05) is 7.05 Å². The molecular weight excluding hydrogens is 243 g/mol. The number of aromatic nitrogens is 1. The first kappa shape index (κ1) is 12.8. The molecule has 4 heteroatoms. The molecule has 0 spiro atoms. The highest BCUT2D eigenvalue weighted by Crippen LogP contribution is 2.03. The molecule has 1 amide bonds. The molecule has 94 valence electrons. The number of amides is 1. The monoisotopic (exact) mass is 254 g/mol. The van der Waals surface area contributed by atoms with E-state index in [4.69, 9.17) is 0 Å². The number of carbonyl (C=O) groups excluding carboxylic acids is 1. The summed E-state index contributed by atoms with van der Waals surface area (Å²) in [6, 6.07) is 9.32. The van der Waals surface area contributed by atoms with Crippen molar-refractivity contribution in [3.05, 3.63) is 65.2 Å². The fourth-order valence-electron chi connectivity index (χ4n) is 1.45. The molecule has 2 rings (SSSR count). The summed E-state index contributed by atoms with van der Waals surface area (Å²) in [4.78, 5) is 15.4. The second kappa shape index (κ2) is 5.78. The summed E-state index contributed by atoms with van der Waals surface area (Å²) in [6.45, 7) is 0. The average molecular weight is 254 g/mol. The van der Waals surface area contributed by atoms with Gasteiger partial charge in [-0.2, -0.15) is 0 Å². The van der Waals surface area contributed by atoms with Crippen LogP contribution in [-0.4, -0.2) is 17.9 Å². The second-order valence-electron chi connectivity index (χ2n) is 3.77. The van der Waals surface area contributed by atoms with Crippen molar-refractivity contribution < 1.29 is 9.18 Å². The number of hydrogen-bond donors (Lipinski definition) is 1. The lowest BCUT2D eigenvalue weighted by molar-refractivity contribution is 0.0962. The van der Waals surface area contributed by atoms with Crippen molar-refractivity contribution in [3.63, 3.8) is 0 Å². The van der Waals surface area contributed by atoms with Crippen LogP contribution in [0.25, 0.3) is 0 Å². The first-order valence-corrected chi connectivity index (χ1v) is 5.65. The van der Waals surface area contributed by atoms with E-state index in [0.29, 0.717) is 16.8 Å². The molecular formula is C15H11FN2O. The number of hydrogen-bond acceptors (Lipinski definition) is 2. The Morgan fingerprint density at radius 2 is 2.11 bits per heavy atom. The Morgan fingerprint density at radius 3 is 2.74 bits per heavy atom. The van der Waals surface area contributed by atoms with Gasteiger partial charge in [-0.3, -0.25) is 4.79 Å². The number of carbonyl (C=O) groups is 1. The normalized spacial score (nSPS) is 9.37. The molecule has 0 unspecified atom stereocenters. The summed E-state index contributed by atoms with van der Waals surface area (Å²) < 4.78 is 12.9. The number of pyridine rings is 1. The SMILES string of the molecule is CNC(=O)c1ccc(C#Cc2cccc(F)c2)nc1. The Balaban J connectivity index is 2.19. The first-order valence-electron chi connectivity index (χ1n) is 5.65. The van der Waals surface area contributed by atoms with E-state index in [1.807, 2.05) is 0 Å². The molecule has 0 bridgehead atoms. The third kappa shape index (κ3) is 3.39. The lowest BCUT2D eigenvalue weighted by atomic mass is 10.2. The summed E-state index contributed by atoms with van der Waals surface area (Å²) in [6.07, 6.45) is 1.45. The second-order valence-corrected chi connectivity index (χ2v) is 3.77. The highest BCUT2D eigenvalue weighted by molar-refractivity contribution is 5.93. The third-order valence-electron chi connectivity index (χ3n) is 2.41. The minimum Gasteiger partial charge on any atom is -0.355 e. The Labute approximate surface area is 110 Å². The molecule has 0 saturated carbocycles. The van der Waals surface area contributed by atoms with Gasteiger partial charge in [-0.25, -0.2) is 9.37 Å². The van der Waals surface area contributed by atoms with Crippen LogP contribution in [0.1, 0.15) is 21.6 Å². The number of nitrogens with one attached hydrogen (secondary N) is 1. The average Bonchev–Trinajstić information content (AvgIpc) is 2.45. The zero-order valence-corrected chi connectivity index (χ0v) is 10.3. The Morgan fingerprint density at radius 1 is 1.26 bits per heavy atom. The highest BCUT2D eigenvalue weighted by Gasteiger charge is 2.01. The van der Waals surface area contributed by atoms with E-state index in [1.54, 1.807) is 31.3 Å². The van der Waals surface area contributed by atoms with Crippen molar-refractivity contribution in [1.29, 1.82) is 0 Å². The Bertz CT molecular complexity index is 654. The van der Waals surface area contributed by atoms with E-state index in [0.717, 1.165) is 0 Å². The smallest absolute Gasteiger partial charge is 0.252 e. The molecule has 1 N–H and O–H groups in total. The molecule has 0 aliphatic carbocycles. The van der Waals surface area contributed by atoms with Crippen LogP contribution in [-0.2, 0) is 0 Å².